The third kappa shape index (κ3) is 6.83. The van der Waals surface area contributed by atoms with Gasteiger partial charge in [-0.05, 0) is 30.7 Å². The molecule has 3 rings (SSSR count). The Bertz CT molecular complexity index is 832. The zero-order valence-electron chi connectivity index (χ0n) is 18.4. The molecule has 2 heterocycles. The topological polar surface area (TPSA) is 78.3 Å². The Hall–Kier alpha value is -2.84. The van der Waals surface area contributed by atoms with Crippen LogP contribution in [0.4, 0.5) is 5.69 Å². The molecule has 0 aliphatic carbocycles. The Kier molecular flexibility index (Phi) is 8.49. The number of carbonyl (C=O) groups is 2. The van der Waals surface area contributed by atoms with Gasteiger partial charge in [0.05, 0.1) is 38.7 Å². The van der Waals surface area contributed by atoms with E-state index < -0.39 is 0 Å². The maximum atomic E-state index is 12.9. The first kappa shape index (κ1) is 22.8. The van der Waals surface area contributed by atoms with Crippen molar-refractivity contribution in [3.63, 3.8) is 0 Å². The number of amides is 2. The number of ether oxygens (including phenoxy) is 1. The summed E-state index contributed by atoms with van der Waals surface area (Å²) >= 11 is 0. The summed E-state index contributed by atoms with van der Waals surface area (Å²) in [5, 5.41) is 2.85. The average molecular weight is 429 g/mol. The van der Waals surface area contributed by atoms with E-state index in [4.69, 9.17) is 9.15 Å². The normalized spacial score (nSPS) is 14.9. The van der Waals surface area contributed by atoms with E-state index in [0.717, 1.165) is 44.9 Å². The summed E-state index contributed by atoms with van der Waals surface area (Å²) < 4.78 is 10.7. The van der Waals surface area contributed by atoms with Gasteiger partial charge in [0.15, 0.2) is 0 Å². The molecule has 1 aromatic carbocycles. The van der Waals surface area contributed by atoms with E-state index in [0.29, 0.717) is 24.5 Å². The van der Waals surface area contributed by atoms with Crippen molar-refractivity contribution in [2.45, 2.75) is 19.9 Å². The summed E-state index contributed by atoms with van der Waals surface area (Å²) in [6.07, 6.45) is 2.49. The molecule has 0 radical (unpaired) electrons. The van der Waals surface area contributed by atoms with Gasteiger partial charge in [0.1, 0.15) is 11.5 Å². The van der Waals surface area contributed by atoms with Gasteiger partial charge in [-0.3, -0.25) is 19.4 Å². The van der Waals surface area contributed by atoms with E-state index >= 15 is 0 Å². The highest BCUT2D eigenvalue weighted by molar-refractivity contribution is 5.95. The van der Waals surface area contributed by atoms with Crippen LogP contribution in [-0.2, 0) is 16.1 Å². The van der Waals surface area contributed by atoms with Gasteiger partial charge in [-0.2, -0.15) is 0 Å². The quantitative estimate of drug-likeness (QED) is 0.626. The Balaban J connectivity index is 1.48. The van der Waals surface area contributed by atoms with E-state index in [1.165, 1.54) is 0 Å². The molecule has 2 aromatic rings. The highest BCUT2D eigenvalue weighted by atomic mass is 16.5. The molecule has 1 aliphatic rings. The van der Waals surface area contributed by atoms with Crippen molar-refractivity contribution < 1.29 is 18.7 Å². The maximum Gasteiger partial charge on any atom is 0.244 e. The number of nitrogens with one attached hydrogen (secondary N) is 1. The minimum Gasteiger partial charge on any atom is -0.495 e. The predicted octanol–water partition coefficient (Wildman–Crippen LogP) is 2.28. The first-order valence-corrected chi connectivity index (χ1v) is 10.8. The minimum absolute atomic E-state index is 0.0171. The molecule has 31 heavy (non-hydrogen) atoms. The van der Waals surface area contributed by atoms with Crippen molar-refractivity contribution >= 4 is 17.5 Å². The molecule has 0 bridgehead atoms. The van der Waals surface area contributed by atoms with Crippen LogP contribution in [0.25, 0.3) is 0 Å². The molecule has 0 spiro atoms. The zero-order valence-corrected chi connectivity index (χ0v) is 18.4. The Morgan fingerprint density at radius 3 is 2.52 bits per heavy atom. The van der Waals surface area contributed by atoms with Crippen LogP contribution in [-0.4, -0.2) is 79.4 Å². The van der Waals surface area contributed by atoms with Crippen molar-refractivity contribution in [3.05, 3.63) is 48.4 Å². The van der Waals surface area contributed by atoms with E-state index in [-0.39, 0.29) is 18.4 Å². The molecule has 1 N–H and O–H groups in total. The van der Waals surface area contributed by atoms with Crippen molar-refractivity contribution in [2.75, 3.05) is 58.2 Å². The van der Waals surface area contributed by atoms with Crippen LogP contribution in [0.15, 0.2) is 47.1 Å². The van der Waals surface area contributed by atoms with E-state index in [1.807, 2.05) is 31.2 Å². The fourth-order valence-electron chi connectivity index (χ4n) is 3.69. The van der Waals surface area contributed by atoms with E-state index in [2.05, 4.69) is 15.1 Å². The number of hydrogen-bond acceptors (Lipinski definition) is 6. The highest BCUT2D eigenvalue weighted by Crippen LogP contribution is 2.22. The smallest absolute Gasteiger partial charge is 0.244 e. The van der Waals surface area contributed by atoms with Gasteiger partial charge in [0.25, 0.3) is 0 Å². The summed E-state index contributed by atoms with van der Waals surface area (Å²) in [6.45, 7) is 7.12. The van der Waals surface area contributed by atoms with Crippen molar-refractivity contribution in [3.8, 4) is 5.75 Å². The number of anilines is 1. The van der Waals surface area contributed by atoms with Crippen LogP contribution >= 0.6 is 0 Å². The van der Waals surface area contributed by atoms with Gasteiger partial charge in [-0.15, -0.1) is 0 Å². The SMILES string of the molecule is CCCN(CC(=O)Nc1ccccc1OC)C(=O)CN1CCN(Cc2ccco2)CC1. The van der Waals surface area contributed by atoms with Gasteiger partial charge >= 0.3 is 0 Å². The number of methoxy groups -OCH3 is 1. The number of piperazine rings is 1. The van der Waals surface area contributed by atoms with Crippen LogP contribution in [0.1, 0.15) is 19.1 Å². The zero-order chi connectivity index (χ0) is 22.1. The molecule has 2 amide bonds. The van der Waals surface area contributed by atoms with Gasteiger partial charge < -0.3 is 19.4 Å². The van der Waals surface area contributed by atoms with Crippen LogP contribution in [0.3, 0.4) is 0 Å². The highest BCUT2D eigenvalue weighted by Gasteiger charge is 2.23. The third-order valence-corrected chi connectivity index (χ3v) is 5.35. The number of para-hydroxylation sites is 2. The molecular formula is C23H32N4O4. The van der Waals surface area contributed by atoms with E-state index in [1.54, 1.807) is 30.4 Å². The lowest BCUT2D eigenvalue weighted by molar-refractivity contribution is -0.136. The average Bonchev–Trinajstić information content (AvgIpc) is 3.28. The number of carbonyl (C=O) groups excluding carboxylic acids is 2. The second-order valence-electron chi connectivity index (χ2n) is 7.70. The molecule has 0 unspecified atom stereocenters. The molecule has 1 fully saturated rings. The first-order valence-electron chi connectivity index (χ1n) is 10.8. The van der Waals surface area contributed by atoms with Crippen LogP contribution < -0.4 is 10.1 Å². The van der Waals surface area contributed by atoms with E-state index in [9.17, 15) is 9.59 Å². The fraction of sp³-hybridized carbons (Fsp3) is 0.478. The lowest BCUT2D eigenvalue weighted by atomic mass is 10.2. The van der Waals surface area contributed by atoms with Crippen LogP contribution in [0, 0.1) is 0 Å². The predicted molar refractivity (Wildman–Crippen MR) is 119 cm³/mol. The molecule has 0 saturated carbocycles. The van der Waals surface area contributed by atoms with Gasteiger partial charge in [-0.1, -0.05) is 19.1 Å². The first-order chi connectivity index (χ1) is 15.1. The maximum absolute atomic E-state index is 12.9. The molecular weight excluding hydrogens is 396 g/mol. The second kappa shape index (κ2) is 11.5. The number of benzene rings is 1. The summed E-state index contributed by atoms with van der Waals surface area (Å²) in [6, 6.07) is 11.1. The second-order valence-corrected chi connectivity index (χ2v) is 7.70. The van der Waals surface area contributed by atoms with Gasteiger partial charge in [-0.25, -0.2) is 0 Å². The van der Waals surface area contributed by atoms with Gasteiger partial charge in [0.2, 0.25) is 11.8 Å². The molecule has 0 atom stereocenters. The van der Waals surface area contributed by atoms with Gasteiger partial charge in [0, 0.05) is 32.7 Å². The third-order valence-electron chi connectivity index (χ3n) is 5.35. The van der Waals surface area contributed by atoms with Crippen LogP contribution in [0.5, 0.6) is 5.75 Å². The fourth-order valence-corrected chi connectivity index (χ4v) is 3.69. The minimum atomic E-state index is -0.227. The monoisotopic (exact) mass is 428 g/mol. The molecule has 1 saturated heterocycles. The summed E-state index contributed by atoms with van der Waals surface area (Å²) in [5.41, 5.74) is 0.603. The van der Waals surface area contributed by atoms with Crippen LogP contribution in [0.2, 0.25) is 0 Å². The molecule has 8 heteroatoms. The molecule has 8 nitrogen and oxygen atoms in total. The number of nitrogens with zero attached hydrogens (tertiary/aromatic N) is 3. The van der Waals surface area contributed by atoms with Crippen molar-refractivity contribution in [1.82, 2.24) is 14.7 Å². The Morgan fingerprint density at radius 2 is 1.84 bits per heavy atom. The standard InChI is InChI=1S/C23H32N4O4/c1-3-10-27(17-22(28)24-20-8-4-5-9-21(20)30-2)23(29)18-26-13-11-25(12-14-26)16-19-7-6-15-31-19/h4-9,15H,3,10-14,16-18H2,1-2H3,(H,24,28). The largest absolute Gasteiger partial charge is 0.495 e. The lowest BCUT2D eigenvalue weighted by Crippen LogP contribution is -2.50. The Labute approximate surface area is 183 Å². The summed E-state index contributed by atoms with van der Waals surface area (Å²) in [4.78, 5) is 31.6. The summed E-state index contributed by atoms with van der Waals surface area (Å²) in [7, 11) is 1.56. The van der Waals surface area contributed by atoms with Crippen molar-refractivity contribution in [1.29, 1.82) is 0 Å². The number of hydrogen-bond donors (Lipinski definition) is 1. The number of furan rings is 1. The van der Waals surface area contributed by atoms with Crippen molar-refractivity contribution in [2.24, 2.45) is 0 Å². The molecule has 1 aliphatic heterocycles. The molecule has 1 aromatic heterocycles. The lowest BCUT2D eigenvalue weighted by Gasteiger charge is -2.35. The summed E-state index contributed by atoms with van der Waals surface area (Å²) in [5.74, 6) is 1.31. The molecule has 168 valence electrons. The number of rotatable bonds is 10. The Morgan fingerprint density at radius 1 is 1.10 bits per heavy atom.